The summed E-state index contributed by atoms with van der Waals surface area (Å²) in [6.45, 7) is -0.318. The molecule has 0 aliphatic heterocycles. The minimum Gasteiger partial charge on any atom is -0.392 e. The van der Waals surface area contributed by atoms with E-state index in [9.17, 15) is 8.78 Å². The number of halogens is 2. The summed E-state index contributed by atoms with van der Waals surface area (Å²) in [7, 11) is 0. The molecule has 1 nitrogen and oxygen atoms in total. The first-order valence-corrected chi connectivity index (χ1v) is 4.87. The van der Waals surface area contributed by atoms with Crippen molar-refractivity contribution in [2.75, 3.05) is 0 Å². The molecule has 3 heteroatoms. The van der Waals surface area contributed by atoms with Crippen LogP contribution in [0.25, 0.3) is 11.1 Å². The number of rotatable bonds is 2. The zero-order valence-electron chi connectivity index (χ0n) is 8.45. The molecule has 0 aliphatic carbocycles. The Morgan fingerprint density at radius 3 is 2.25 bits per heavy atom. The number of benzene rings is 2. The van der Waals surface area contributed by atoms with Gasteiger partial charge in [-0.2, -0.15) is 0 Å². The summed E-state index contributed by atoms with van der Waals surface area (Å²) in [6, 6.07) is 10.2. The Balaban J connectivity index is 2.68. The fourth-order valence-electron chi connectivity index (χ4n) is 1.67. The Morgan fingerprint density at radius 1 is 0.875 bits per heavy atom. The molecule has 0 atom stereocenters. The lowest BCUT2D eigenvalue weighted by Crippen LogP contribution is -1.95. The zero-order valence-corrected chi connectivity index (χ0v) is 8.45. The van der Waals surface area contributed by atoms with Crippen LogP contribution in [0.5, 0.6) is 0 Å². The Morgan fingerprint density at radius 2 is 1.56 bits per heavy atom. The molecule has 16 heavy (non-hydrogen) atoms. The van der Waals surface area contributed by atoms with Gasteiger partial charge in [-0.1, -0.05) is 30.3 Å². The lowest BCUT2D eigenvalue weighted by Gasteiger charge is -2.09. The van der Waals surface area contributed by atoms with Crippen molar-refractivity contribution in [2.45, 2.75) is 6.61 Å². The maximum absolute atomic E-state index is 13.6. The summed E-state index contributed by atoms with van der Waals surface area (Å²) < 4.78 is 27.1. The van der Waals surface area contributed by atoms with E-state index in [1.807, 2.05) is 0 Å². The monoisotopic (exact) mass is 220 g/mol. The van der Waals surface area contributed by atoms with Gasteiger partial charge in [0.15, 0.2) is 0 Å². The van der Waals surface area contributed by atoms with Crippen LogP contribution in [0.15, 0.2) is 42.5 Å². The molecule has 1 N–H and O–H groups in total. The van der Waals surface area contributed by atoms with Crippen LogP contribution in [0.2, 0.25) is 0 Å². The van der Waals surface area contributed by atoms with E-state index in [4.69, 9.17) is 5.11 Å². The summed E-state index contributed by atoms with van der Waals surface area (Å²) in [4.78, 5) is 0. The van der Waals surface area contributed by atoms with Crippen molar-refractivity contribution in [3.63, 3.8) is 0 Å². The Kier molecular flexibility index (Phi) is 2.97. The molecule has 2 rings (SSSR count). The second-order valence-electron chi connectivity index (χ2n) is 3.41. The Bertz CT molecular complexity index is 509. The molecular formula is C13H10F2O. The van der Waals surface area contributed by atoms with Crippen LogP contribution in [0.4, 0.5) is 8.78 Å². The highest BCUT2D eigenvalue weighted by molar-refractivity contribution is 5.68. The van der Waals surface area contributed by atoms with E-state index < -0.39 is 11.6 Å². The number of hydrogen-bond donors (Lipinski definition) is 1. The van der Waals surface area contributed by atoms with Crippen LogP contribution >= 0.6 is 0 Å². The minimum atomic E-state index is -0.531. The van der Waals surface area contributed by atoms with E-state index in [2.05, 4.69) is 0 Å². The summed E-state index contributed by atoms with van der Waals surface area (Å²) in [6.07, 6.45) is 0. The van der Waals surface area contributed by atoms with E-state index in [1.165, 1.54) is 30.3 Å². The normalized spacial score (nSPS) is 10.4. The van der Waals surface area contributed by atoms with Gasteiger partial charge in [0.05, 0.1) is 6.61 Å². The Labute approximate surface area is 92.0 Å². The maximum Gasteiger partial charge on any atom is 0.131 e. The second kappa shape index (κ2) is 4.41. The molecule has 82 valence electrons. The lowest BCUT2D eigenvalue weighted by molar-refractivity contribution is 0.282. The second-order valence-corrected chi connectivity index (χ2v) is 3.41. The summed E-state index contributed by atoms with van der Waals surface area (Å²) >= 11 is 0. The highest BCUT2D eigenvalue weighted by atomic mass is 19.1. The van der Waals surface area contributed by atoms with Crippen molar-refractivity contribution in [3.05, 3.63) is 59.7 Å². The van der Waals surface area contributed by atoms with E-state index in [-0.39, 0.29) is 17.7 Å². The Hall–Kier alpha value is -1.74. The molecule has 0 spiro atoms. The van der Waals surface area contributed by atoms with Crippen molar-refractivity contribution in [2.24, 2.45) is 0 Å². The smallest absolute Gasteiger partial charge is 0.131 e. The van der Waals surface area contributed by atoms with Gasteiger partial charge in [-0.3, -0.25) is 0 Å². The minimum absolute atomic E-state index is 0.128. The molecule has 2 aromatic rings. The lowest BCUT2D eigenvalue weighted by atomic mass is 9.99. The predicted molar refractivity (Wildman–Crippen MR) is 57.7 cm³/mol. The molecule has 0 aliphatic rings. The largest absolute Gasteiger partial charge is 0.392 e. The van der Waals surface area contributed by atoms with Crippen molar-refractivity contribution in [1.29, 1.82) is 0 Å². The van der Waals surface area contributed by atoms with Gasteiger partial charge in [-0.25, -0.2) is 8.78 Å². The van der Waals surface area contributed by atoms with E-state index >= 15 is 0 Å². The molecule has 0 heterocycles. The first-order valence-electron chi connectivity index (χ1n) is 4.87. The zero-order chi connectivity index (χ0) is 11.5. The number of aliphatic hydroxyl groups is 1. The summed E-state index contributed by atoms with van der Waals surface area (Å²) in [5, 5.41) is 9.11. The molecule has 0 amide bonds. The van der Waals surface area contributed by atoms with Gasteiger partial charge >= 0.3 is 0 Å². The fourth-order valence-corrected chi connectivity index (χ4v) is 1.67. The molecular weight excluding hydrogens is 210 g/mol. The van der Waals surface area contributed by atoms with Gasteiger partial charge in [-0.05, 0) is 17.7 Å². The van der Waals surface area contributed by atoms with Crippen molar-refractivity contribution < 1.29 is 13.9 Å². The van der Waals surface area contributed by atoms with Crippen LogP contribution in [0, 0.1) is 11.6 Å². The predicted octanol–water partition coefficient (Wildman–Crippen LogP) is 3.12. The van der Waals surface area contributed by atoms with Crippen LogP contribution in [-0.2, 0) is 6.61 Å². The van der Waals surface area contributed by atoms with E-state index in [0.29, 0.717) is 5.56 Å². The molecule has 0 unspecified atom stereocenters. The van der Waals surface area contributed by atoms with Crippen molar-refractivity contribution in [1.82, 2.24) is 0 Å². The highest BCUT2D eigenvalue weighted by Gasteiger charge is 2.13. The van der Waals surface area contributed by atoms with Gasteiger partial charge < -0.3 is 5.11 Å². The molecule has 0 saturated heterocycles. The molecule has 0 saturated carbocycles. The summed E-state index contributed by atoms with van der Waals surface area (Å²) in [5.41, 5.74) is 0.679. The van der Waals surface area contributed by atoms with Crippen LogP contribution in [0.3, 0.4) is 0 Å². The van der Waals surface area contributed by atoms with E-state index in [0.717, 1.165) is 0 Å². The van der Waals surface area contributed by atoms with E-state index in [1.54, 1.807) is 12.1 Å². The van der Waals surface area contributed by atoms with Gasteiger partial charge in [0.1, 0.15) is 11.6 Å². The maximum atomic E-state index is 13.6. The molecule has 0 fully saturated rings. The molecule has 0 aromatic heterocycles. The molecule has 0 bridgehead atoms. The average molecular weight is 220 g/mol. The third-order valence-corrected chi connectivity index (χ3v) is 2.41. The summed E-state index contributed by atoms with van der Waals surface area (Å²) in [5.74, 6) is -1.03. The van der Waals surface area contributed by atoms with Gasteiger partial charge in [0.25, 0.3) is 0 Å². The standard InChI is InChI=1S/C13H10F2O/c14-11-6-2-1-5-10(11)13-9(8-16)4-3-7-12(13)15/h1-7,16H,8H2. The van der Waals surface area contributed by atoms with Gasteiger partial charge in [0.2, 0.25) is 0 Å². The van der Waals surface area contributed by atoms with Crippen molar-refractivity contribution in [3.8, 4) is 11.1 Å². The molecule has 2 aromatic carbocycles. The quantitative estimate of drug-likeness (QED) is 0.824. The first-order chi connectivity index (χ1) is 7.74. The number of hydrogen-bond acceptors (Lipinski definition) is 1. The first kappa shape index (κ1) is 10.8. The highest BCUT2D eigenvalue weighted by Crippen LogP contribution is 2.28. The third kappa shape index (κ3) is 1.82. The van der Waals surface area contributed by atoms with Crippen LogP contribution < -0.4 is 0 Å². The van der Waals surface area contributed by atoms with Gasteiger partial charge in [0, 0.05) is 11.1 Å². The third-order valence-electron chi connectivity index (χ3n) is 2.41. The van der Waals surface area contributed by atoms with Crippen LogP contribution in [0.1, 0.15) is 5.56 Å². The fraction of sp³-hybridized carbons (Fsp3) is 0.0769. The molecule has 0 radical (unpaired) electrons. The SMILES string of the molecule is OCc1cccc(F)c1-c1ccccc1F. The van der Waals surface area contributed by atoms with Gasteiger partial charge in [-0.15, -0.1) is 0 Å². The van der Waals surface area contributed by atoms with Crippen LogP contribution in [-0.4, -0.2) is 5.11 Å². The average Bonchev–Trinajstić information content (AvgIpc) is 2.30. The number of aliphatic hydroxyl groups excluding tert-OH is 1. The topological polar surface area (TPSA) is 20.2 Å². The van der Waals surface area contributed by atoms with Crippen molar-refractivity contribution >= 4 is 0 Å².